The molecule has 1 heterocycles. The summed E-state index contributed by atoms with van der Waals surface area (Å²) in [7, 11) is -2.15. The van der Waals surface area contributed by atoms with Gasteiger partial charge in [-0.1, -0.05) is 78.9 Å². The summed E-state index contributed by atoms with van der Waals surface area (Å²) in [5, 5.41) is 10.5. The highest BCUT2D eigenvalue weighted by Crippen LogP contribution is 2.64. The first-order valence-electron chi connectivity index (χ1n) is 8.32. The maximum Gasteiger partial charge on any atom is 0.271 e. The number of fused-ring (bicyclic) bond motifs is 1. The molecular weight excluding hydrogens is 345 g/mol. The van der Waals surface area contributed by atoms with Crippen LogP contribution in [0.15, 0.2) is 84.9 Å². The number of nitrogens with zero attached hydrogens (tertiary/aromatic N) is 1. The molecule has 5 heteroatoms. The van der Waals surface area contributed by atoms with E-state index in [-0.39, 0.29) is 0 Å². The second-order valence-corrected chi connectivity index (χ2v) is 9.23. The van der Waals surface area contributed by atoms with Gasteiger partial charge in [0.15, 0.2) is 7.14 Å². The van der Waals surface area contributed by atoms with Crippen LogP contribution in [0, 0.1) is 0 Å². The van der Waals surface area contributed by atoms with Gasteiger partial charge in [0.2, 0.25) is 5.34 Å². The molecule has 1 aliphatic heterocycles. The SMILES string of the molecule is CN1C(=O)C(O)(P(=O)(c2ccccc2)c2ccccc2)c2ccccc21. The maximum absolute atomic E-state index is 14.6. The lowest BCUT2D eigenvalue weighted by molar-refractivity contribution is -0.128. The van der Waals surface area contributed by atoms with E-state index in [0.717, 1.165) is 0 Å². The largest absolute Gasteiger partial charge is 0.369 e. The molecule has 0 saturated carbocycles. The van der Waals surface area contributed by atoms with Crippen molar-refractivity contribution >= 4 is 29.3 Å². The summed E-state index contributed by atoms with van der Waals surface area (Å²) in [6, 6.07) is 24.5. The van der Waals surface area contributed by atoms with E-state index in [2.05, 4.69) is 0 Å². The summed E-state index contributed by atoms with van der Waals surface area (Å²) in [6.07, 6.45) is 0. The molecule has 4 rings (SSSR count). The normalized spacial score (nSPS) is 19.5. The molecule has 26 heavy (non-hydrogen) atoms. The Morgan fingerprint density at radius 2 is 1.27 bits per heavy atom. The van der Waals surface area contributed by atoms with Crippen molar-refractivity contribution in [3.05, 3.63) is 90.5 Å². The van der Waals surface area contributed by atoms with Gasteiger partial charge in [-0.15, -0.1) is 0 Å². The highest BCUT2D eigenvalue weighted by molar-refractivity contribution is 7.80. The van der Waals surface area contributed by atoms with Gasteiger partial charge in [0.05, 0.1) is 5.69 Å². The molecule has 4 nitrogen and oxygen atoms in total. The van der Waals surface area contributed by atoms with Crippen LogP contribution < -0.4 is 15.5 Å². The number of amides is 1. The first kappa shape index (κ1) is 16.8. The van der Waals surface area contributed by atoms with Crippen molar-refractivity contribution in [2.45, 2.75) is 5.34 Å². The van der Waals surface area contributed by atoms with Crippen LogP contribution in [0.5, 0.6) is 0 Å². The summed E-state index contributed by atoms with van der Waals surface area (Å²) < 4.78 is 14.6. The molecule has 1 aliphatic rings. The third-order valence-electron chi connectivity index (χ3n) is 4.94. The summed E-state index contributed by atoms with van der Waals surface area (Å²) in [5.74, 6) is -0.574. The number of hydrogen-bond acceptors (Lipinski definition) is 3. The van der Waals surface area contributed by atoms with E-state index < -0.39 is 18.4 Å². The van der Waals surface area contributed by atoms with Gasteiger partial charge in [-0.2, -0.15) is 0 Å². The van der Waals surface area contributed by atoms with Crippen molar-refractivity contribution in [1.29, 1.82) is 0 Å². The van der Waals surface area contributed by atoms with Gasteiger partial charge in [-0.25, -0.2) is 0 Å². The molecule has 0 aromatic heterocycles. The molecule has 1 unspecified atom stereocenters. The molecule has 0 saturated heterocycles. The predicted molar refractivity (Wildman–Crippen MR) is 104 cm³/mol. The van der Waals surface area contributed by atoms with E-state index in [1.165, 1.54) is 4.90 Å². The molecule has 1 N–H and O–H groups in total. The summed E-state index contributed by atoms with van der Waals surface area (Å²) in [4.78, 5) is 14.6. The average Bonchev–Trinajstić information content (AvgIpc) is 2.91. The number of benzene rings is 3. The highest BCUT2D eigenvalue weighted by Gasteiger charge is 2.61. The maximum atomic E-state index is 14.6. The quantitative estimate of drug-likeness (QED) is 0.728. The van der Waals surface area contributed by atoms with Gasteiger partial charge in [-0.3, -0.25) is 4.79 Å². The Bertz CT molecular complexity index is 976. The van der Waals surface area contributed by atoms with Gasteiger partial charge >= 0.3 is 0 Å². The third-order valence-corrected chi connectivity index (χ3v) is 8.33. The van der Waals surface area contributed by atoms with Crippen LogP contribution in [0.1, 0.15) is 5.56 Å². The van der Waals surface area contributed by atoms with Crippen molar-refractivity contribution in [3.63, 3.8) is 0 Å². The van der Waals surface area contributed by atoms with Crippen molar-refractivity contribution < 1.29 is 14.5 Å². The molecule has 0 radical (unpaired) electrons. The Kier molecular flexibility index (Phi) is 3.83. The van der Waals surface area contributed by atoms with Gasteiger partial charge in [0.1, 0.15) is 0 Å². The van der Waals surface area contributed by atoms with Crippen LogP contribution in [0.4, 0.5) is 5.69 Å². The Hall–Kier alpha value is -2.68. The second-order valence-electron chi connectivity index (χ2n) is 6.33. The third kappa shape index (κ3) is 2.06. The zero-order valence-electron chi connectivity index (χ0n) is 14.2. The Labute approximate surface area is 152 Å². The number of carbonyl (C=O) groups is 1. The van der Waals surface area contributed by atoms with E-state index in [1.807, 2.05) is 12.1 Å². The lowest BCUT2D eigenvalue weighted by Crippen LogP contribution is -2.43. The fourth-order valence-corrected chi connectivity index (χ4v) is 6.80. The fourth-order valence-electron chi connectivity index (χ4n) is 3.62. The summed E-state index contributed by atoms with van der Waals surface area (Å²) >= 11 is 0. The van der Waals surface area contributed by atoms with Gasteiger partial charge in [0, 0.05) is 23.2 Å². The van der Waals surface area contributed by atoms with E-state index in [1.54, 1.807) is 79.8 Å². The van der Waals surface area contributed by atoms with Gasteiger partial charge < -0.3 is 14.6 Å². The highest BCUT2D eigenvalue weighted by atomic mass is 31.2. The Morgan fingerprint density at radius 1 is 0.808 bits per heavy atom. The number of aliphatic hydroxyl groups is 1. The molecule has 130 valence electrons. The monoisotopic (exact) mass is 363 g/mol. The van der Waals surface area contributed by atoms with Crippen molar-refractivity contribution in [1.82, 2.24) is 0 Å². The zero-order chi connectivity index (χ0) is 18.4. The van der Waals surface area contributed by atoms with Crippen molar-refractivity contribution in [2.24, 2.45) is 0 Å². The van der Waals surface area contributed by atoms with E-state index in [4.69, 9.17) is 0 Å². The Morgan fingerprint density at radius 3 is 1.81 bits per heavy atom. The van der Waals surface area contributed by atoms with Gasteiger partial charge in [-0.05, 0) is 6.07 Å². The molecule has 3 aromatic carbocycles. The molecular formula is C21H18NO3P. The van der Waals surface area contributed by atoms with Crippen molar-refractivity contribution in [2.75, 3.05) is 11.9 Å². The molecule has 0 fully saturated rings. The summed E-state index contributed by atoms with van der Waals surface area (Å²) in [5.41, 5.74) is 0.954. The van der Waals surface area contributed by atoms with Crippen LogP contribution in [-0.2, 0) is 14.7 Å². The van der Waals surface area contributed by atoms with Crippen LogP contribution in [0.3, 0.4) is 0 Å². The number of rotatable bonds is 3. The lowest BCUT2D eigenvalue weighted by Gasteiger charge is -2.32. The molecule has 0 spiro atoms. The number of carbonyl (C=O) groups excluding carboxylic acids is 1. The Balaban J connectivity index is 2.09. The minimum atomic E-state index is -3.75. The minimum absolute atomic E-state index is 0.378. The molecule has 1 amide bonds. The molecule has 3 aromatic rings. The number of likely N-dealkylation sites (N-methyl/N-ethyl adjacent to an activating group) is 1. The zero-order valence-corrected chi connectivity index (χ0v) is 15.1. The molecule has 0 aliphatic carbocycles. The smallest absolute Gasteiger partial charge is 0.271 e. The summed E-state index contributed by atoms with van der Waals surface area (Å²) in [6.45, 7) is 0. The number of para-hydroxylation sites is 1. The fraction of sp³-hybridized carbons (Fsp3) is 0.0952. The van der Waals surface area contributed by atoms with E-state index in [0.29, 0.717) is 21.9 Å². The van der Waals surface area contributed by atoms with E-state index >= 15 is 0 Å². The molecule has 0 bridgehead atoms. The predicted octanol–water partition coefficient (Wildman–Crippen LogP) is 2.82. The topological polar surface area (TPSA) is 57.6 Å². The van der Waals surface area contributed by atoms with Crippen LogP contribution in [-0.4, -0.2) is 18.1 Å². The van der Waals surface area contributed by atoms with Gasteiger partial charge in [0.25, 0.3) is 5.91 Å². The minimum Gasteiger partial charge on any atom is -0.369 e. The molecule has 1 atom stereocenters. The van der Waals surface area contributed by atoms with E-state index in [9.17, 15) is 14.5 Å². The van der Waals surface area contributed by atoms with Crippen LogP contribution >= 0.6 is 7.14 Å². The first-order valence-corrected chi connectivity index (χ1v) is 10.0. The van der Waals surface area contributed by atoms with Crippen molar-refractivity contribution in [3.8, 4) is 0 Å². The average molecular weight is 363 g/mol. The number of anilines is 1. The lowest BCUT2D eigenvalue weighted by atomic mass is 10.1. The number of hydrogen-bond donors (Lipinski definition) is 1. The first-order chi connectivity index (χ1) is 12.5. The van der Waals surface area contributed by atoms with Crippen LogP contribution in [0.25, 0.3) is 0 Å². The standard InChI is InChI=1S/C21H18NO3P/c1-22-19-15-9-8-14-18(19)21(24,20(22)23)26(25,16-10-4-2-5-11-16)17-12-6-3-7-13-17/h2-15,24H,1H3. The second kappa shape index (κ2) is 5.94. The van der Waals surface area contributed by atoms with Crippen LogP contribution in [0.2, 0.25) is 0 Å².